The normalized spacial score (nSPS) is 15.3. The predicted molar refractivity (Wildman–Crippen MR) is 94.6 cm³/mol. The molecule has 0 radical (unpaired) electrons. The van der Waals surface area contributed by atoms with Gasteiger partial charge in [-0.05, 0) is 30.3 Å². The number of fused-ring (bicyclic) bond motifs is 1. The van der Waals surface area contributed by atoms with E-state index in [1.54, 1.807) is 18.5 Å². The van der Waals surface area contributed by atoms with Gasteiger partial charge in [-0.15, -0.1) is 5.10 Å². The molecule has 1 saturated heterocycles. The second kappa shape index (κ2) is 7.09. The van der Waals surface area contributed by atoms with Crippen LogP contribution in [0.1, 0.15) is 0 Å². The Morgan fingerprint density at radius 2 is 1.92 bits per heavy atom. The Hall–Kier alpha value is -3.00. The average Bonchev–Trinajstić information content (AvgIpc) is 3.04. The Labute approximate surface area is 149 Å². The Balaban J connectivity index is 1.33. The highest BCUT2D eigenvalue weighted by Gasteiger charge is 2.21. The van der Waals surface area contributed by atoms with Gasteiger partial charge in [0.2, 0.25) is 5.88 Å². The Kier molecular flexibility index (Phi) is 4.49. The maximum atomic E-state index is 13.2. The highest BCUT2D eigenvalue weighted by molar-refractivity contribution is 5.87. The van der Waals surface area contributed by atoms with Crippen molar-refractivity contribution >= 4 is 22.6 Å². The van der Waals surface area contributed by atoms with Crippen LogP contribution in [0, 0.1) is 5.82 Å². The van der Waals surface area contributed by atoms with Gasteiger partial charge in [-0.2, -0.15) is 0 Å². The van der Waals surface area contributed by atoms with Crippen LogP contribution in [0.5, 0.6) is 5.88 Å². The summed E-state index contributed by atoms with van der Waals surface area (Å²) in [5.74, 6) is -0.563. The molecule has 3 aromatic rings. The number of aromatic nitrogens is 3. The number of nitrogens with one attached hydrogen (secondary N) is 1. The van der Waals surface area contributed by atoms with Crippen molar-refractivity contribution < 1.29 is 13.9 Å². The van der Waals surface area contributed by atoms with Gasteiger partial charge in [0.05, 0.1) is 17.4 Å². The minimum absolute atomic E-state index is 0.181. The Morgan fingerprint density at radius 3 is 2.69 bits per heavy atom. The summed E-state index contributed by atoms with van der Waals surface area (Å²) in [5.41, 5.74) is 1.64. The van der Waals surface area contributed by atoms with Gasteiger partial charge >= 0.3 is 5.97 Å². The van der Waals surface area contributed by atoms with Crippen molar-refractivity contribution in [3.8, 4) is 5.88 Å². The molecule has 1 fully saturated rings. The number of halogens is 1. The van der Waals surface area contributed by atoms with E-state index in [2.05, 4.69) is 25.0 Å². The predicted octanol–water partition coefficient (Wildman–Crippen LogP) is 1.82. The third kappa shape index (κ3) is 3.50. The van der Waals surface area contributed by atoms with Gasteiger partial charge < -0.3 is 9.64 Å². The molecule has 134 valence electrons. The first kappa shape index (κ1) is 16.5. The lowest BCUT2D eigenvalue weighted by Gasteiger charge is -2.35. The first-order valence-corrected chi connectivity index (χ1v) is 8.41. The van der Waals surface area contributed by atoms with Crippen molar-refractivity contribution in [1.29, 1.82) is 0 Å². The molecule has 1 aromatic carbocycles. The van der Waals surface area contributed by atoms with Gasteiger partial charge in [0, 0.05) is 44.3 Å². The van der Waals surface area contributed by atoms with Crippen LogP contribution in [-0.2, 0) is 4.79 Å². The van der Waals surface area contributed by atoms with Crippen LogP contribution >= 0.6 is 0 Å². The largest absolute Gasteiger partial charge is 0.404 e. The zero-order valence-electron chi connectivity index (χ0n) is 14.1. The number of hydrogen-bond acceptors (Lipinski definition) is 6. The van der Waals surface area contributed by atoms with Crippen LogP contribution in [0.25, 0.3) is 10.9 Å². The molecule has 1 aliphatic heterocycles. The van der Waals surface area contributed by atoms with Crippen LogP contribution < -0.4 is 9.64 Å². The zero-order valence-corrected chi connectivity index (χ0v) is 14.1. The molecule has 0 atom stereocenters. The van der Waals surface area contributed by atoms with Crippen LogP contribution in [-0.4, -0.2) is 58.8 Å². The number of carbonyl (C=O) groups is 1. The molecule has 26 heavy (non-hydrogen) atoms. The number of aromatic amines is 1. The van der Waals surface area contributed by atoms with Gasteiger partial charge in [-0.3, -0.25) is 19.8 Å². The molecular weight excluding hydrogens is 337 g/mol. The summed E-state index contributed by atoms with van der Waals surface area (Å²) in [6.45, 7) is 3.40. The summed E-state index contributed by atoms with van der Waals surface area (Å²) in [5, 5.41) is 7.21. The second-order valence-corrected chi connectivity index (χ2v) is 6.16. The Bertz CT molecular complexity index is 906. The summed E-state index contributed by atoms with van der Waals surface area (Å²) in [4.78, 5) is 20.6. The number of piperazine rings is 1. The number of benzene rings is 1. The molecule has 0 bridgehead atoms. The number of hydrogen-bond donors (Lipinski definition) is 1. The van der Waals surface area contributed by atoms with E-state index in [1.165, 1.54) is 12.1 Å². The number of carbonyl (C=O) groups excluding carboxylic acids is 1. The van der Waals surface area contributed by atoms with Gasteiger partial charge in [0.15, 0.2) is 0 Å². The SMILES string of the molecule is O=C(CN1CCN(c2ccncc2)CC1)Oc1n[nH]c2cc(F)ccc12. The maximum absolute atomic E-state index is 13.2. The third-order valence-corrected chi connectivity index (χ3v) is 4.45. The molecule has 0 spiro atoms. The average molecular weight is 355 g/mol. The molecule has 0 saturated carbocycles. The summed E-state index contributed by atoms with van der Waals surface area (Å²) >= 11 is 0. The molecular formula is C18H18FN5O2. The number of ether oxygens (including phenoxy) is 1. The second-order valence-electron chi connectivity index (χ2n) is 6.16. The van der Waals surface area contributed by atoms with E-state index in [-0.39, 0.29) is 24.2 Å². The number of pyridine rings is 1. The van der Waals surface area contributed by atoms with Crippen molar-refractivity contribution in [3.05, 3.63) is 48.5 Å². The van der Waals surface area contributed by atoms with Crippen molar-refractivity contribution in [2.75, 3.05) is 37.6 Å². The lowest BCUT2D eigenvalue weighted by Crippen LogP contribution is -2.48. The fraction of sp³-hybridized carbons (Fsp3) is 0.278. The Morgan fingerprint density at radius 1 is 1.15 bits per heavy atom. The molecule has 0 aliphatic carbocycles. The highest BCUT2D eigenvalue weighted by atomic mass is 19.1. The molecule has 0 amide bonds. The fourth-order valence-electron chi connectivity index (χ4n) is 3.09. The van der Waals surface area contributed by atoms with Crippen molar-refractivity contribution in [2.24, 2.45) is 0 Å². The zero-order chi connectivity index (χ0) is 17.9. The van der Waals surface area contributed by atoms with E-state index in [0.717, 1.165) is 31.9 Å². The van der Waals surface area contributed by atoms with Crippen LogP contribution in [0.3, 0.4) is 0 Å². The van der Waals surface area contributed by atoms with Gasteiger partial charge in [-0.25, -0.2) is 4.39 Å². The molecule has 7 nitrogen and oxygen atoms in total. The smallest absolute Gasteiger partial charge is 0.326 e. The summed E-state index contributed by atoms with van der Waals surface area (Å²) in [7, 11) is 0. The van der Waals surface area contributed by atoms with Crippen LogP contribution in [0.4, 0.5) is 10.1 Å². The molecule has 0 unspecified atom stereocenters. The van der Waals surface area contributed by atoms with E-state index in [0.29, 0.717) is 10.9 Å². The number of nitrogens with zero attached hydrogens (tertiary/aromatic N) is 4. The molecule has 1 N–H and O–H groups in total. The van der Waals surface area contributed by atoms with Crippen LogP contribution in [0.2, 0.25) is 0 Å². The molecule has 2 aromatic heterocycles. The number of anilines is 1. The monoisotopic (exact) mass is 355 g/mol. The first-order chi connectivity index (χ1) is 12.7. The first-order valence-electron chi connectivity index (χ1n) is 8.41. The minimum atomic E-state index is -0.375. The highest BCUT2D eigenvalue weighted by Crippen LogP contribution is 2.23. The molecule has 4 rings (SSSR count). The van der Waals surface area contributed by atoms with E-state index in [9.17, 15) is 9.18 Å². The molecule has 8 heteroatoms. The summed E-state index contributed by atoms with van der Waals surface area (Å²) < 4.78 is 18.6. The van der Waals surface area contributed by atoms with Crippen molar-refractivity contribution in [1.82, 2.24) is 20.1 Å². The van der Waals surface area contributed by atoms with E-state index < -0.39 is 0 Å². The van der Waals surface area contributed by atoms with Crippen LogP contribution in [0.15, 0.2) is 42.7 Å². The van der Waals surface area contributed by atoms with E-state index in [4.69, 9.17) is 4.74 Å². The topological polar surface area (TPSA) is 74.3 Å². The standard InChI is InChI=1S/C18H18FN5O2/c19-13-1-2-15-16(11-13)21-22-18(15)26-17(25)12-23-7-9-24(10-8-23)14-3-5-20-6-4-14/h1-6,11H,7-10,12H2,(H,21,22). The summed E-state index contributed by atoms with van der Waals surface area (Å²) in [6, 6.07) is 8.14. The maximum Gasteiger partial charge on any atom is 0.326 e. The molecule has 1 aliphatic rings. The van der Waals surface area contributed by atoms with Gasteiger partial charge in [-0.1, -0.05) is 0 Å². The minimum Gasteiger partial charge on any atom is -0.404 e. The third-order valence-electron chi connectivity index (χ3n) is 4.45. The number of esters is 1. The lowest BCUT2D eigenvalue weighted by molar-refractivity contribution is -0.135. The number of H-pyrrole nitrogens is 1. The van der Waals surface area contributed by atoms with E-state index >= 15 is 0 Å². The number of rotatable bonds is 4. The van der Waals surface area contributed by atoms with Crippen molar-refractivity contribution in [2.45, 2.75) is 0 Å². The lowest BCUT2D eigenvalue weighted by atomic mass is 10.2. The summed E-state index contributed by atoms with van der Waals surface area (Å²) in [6.07, 6.45) is 3.55. The van der Waals surface area contributed by atoms with Gasteiger partial charge in [0.25, 0.3) is 0 Å². The quantitative estimate of drug-likeness (QED) is 0.720. The fourth-order valence-corrected chi connectivity index (χ4v) is 3.09. The molecule has 3 heterocycles. The van der Waals surface area contributed by atoms with Crippen molar-refractivity contribution in [3.63, 3.8) is 0 Å². The van der Waals surface area contributed by atoms with Gasteiger partial charge in [0.1, 0.15) is 5.82 Å². The van der Waals surface area contributed by atoms with E-state index in [1.807, 2.05) is 12.1 Å².